The zero-order valence-electron chi connectivity index (χ0n) is 14.5. The molecule has 0 saturated heterocycles. The third kappa shape index (κ3) is 3.07. The quantitative estimate of drug-likeness (QED) is 0.748. The molecule has 5 nitrogen and oxygen atoms in total. The van der Waals surface area contributed by atoms with E-state index in [-0.39, 0.29) is 17.1 Å². The zero-order chi connectivity index (χ0) is 19.2. The number of furan rings is 1. The van der Waals surface area contributed by atoms with Gasteiger partial charge in [-0.3, -0.25) is 0 Å². The highest BCUT2D eigenvalue weighted by atomic mass is 32.2. The van der Waals surface area contributed by atoms with Gasteiger partial charge in [0, 0.05) is 24.6 Å². The summed E-state index contributed by atoms with van der Waals surface area (Å²) in [5.41, 5.74) is 1.11. The summed E-state index contributed by atoms with van der Waals surface area (Å²) in [5.74, 6) is 0.766. The van der Waals surface area contributed by atoms with Gasteiger partial charge in [-0.2, -0.15) is 4.31 Å². The molecule has 140 valence electrons. The first-order valence-corrected chi connectivity index (χ1v) is 9.91. The molecule has 2 atom stereocenters. The number of rotatable bonds is 3. The van der Waals surface area contributed by atoms with Crippen LogP contribution < -0.4 is 0 Å². The van der Waals surface area contributed by atoms with Crippen molar-refractivity contribution in [2.45, 2.75) is 23.5 Å². The molecule has 1 aliphatic heterocycles. The van der Waals surface area contributed by atoms with Gasteiger partial charge in [0.2, 0.25) is 10.0 Å². The molecule has 0 aliphatic carbocycles. The predicted octanol–water partition coefficient (Wildman–Crippen LogP) is 3.36. The Kier molecular flexibility index (Phi) is 4.38. The van der Waals surface area contributed by atoms with Crippen LogP contribution in [-0.2, 0) is 16.4 Å². The van der Waals surface area contributed by atoms with Crippen molar-refractivity contribution in [1.29, 1.82) is 0 Å². The van der Waals surface area contributed by atoms with E-state index in [1.54, 1.807) is 42.5 Å². The Morgan fingerprint density at radius 1 is 1.07 bits per heavy atom. The van der Waals surface area contributed by atoms with E-state index in [0.717, 1.165) is 5.56 Å². The second-order valence-electron chi connectivity index (χ2n) is 6.55. The Balaban J connectivity index is 1.64. The predicted molar refractivity (Wildman–Crippen MR) is 97.9 cm³/mol. The molecule has 0 bridgehead atoms. The van der Waals surface area contributed by atoms with Crippen molar-refractivity contribution in [3.63, 3.8) is 0 Å². The molecule has 0 unspecified atom stereocenters. The van der Waals surface area contributed by atoms with Gasteiger partial charge in [0.15, 0.2) is 0 Å². The van der Waals surface area contributed by atoms with E-state index in [4.69, 9.17) is 4.42 Å². The third-order valence-corrected chi connectivity index (χ3v) is 6.88. The summed E-state index contributed by atoms with van der Waals surface area (Å²) in [6.07, 6.45) is -0.749. The number of fused-ring (bicyclic) bond motifs is 1. The van der Waals surface area contributed by atoms with Gasteiger partial charge in [0.05, 0.1) is 17.0 Å². The van der Waals surface area contributed by atoms with Gasteiger partial charge < -0.3 is 9.52 Å². The van der Waals surface area contributed by atoms with Crippen molar-refractivity contribution in [3.8, 4) is 11.3 Å². The fourth-order valence-corrected chi connectivity index (χ4v) is 5.00. The second-order valence-corrected chi connectivity index (χ2v) is 8.51. The highest BCUT2D eigenvalue weighted by Crippen LogP contribution is 2.37. The minimum Gasteiger partial charge on any atom is -0.461 e. The first kappa shape index (κ1) is 17.9. The molecule has 4 rings (SSSR count). The van der Waals surface area contributed by atoms with E-state index in [9.17, 15) is 17.9 Å². The summed E-state index contributed by atoms with van der Waals surface area (Å²) < 4.78 is 45.6. The van der Waals surface area contributed by atoms with Gasteiger partial charge in [-0.25, -0.2) is 12.8 Å². The summed E-state index contributed by atoms with van der Waals surface area (Å²) in [6.45, 7) is 0. The van der Waals surface area contributed by atoms with Gasteiger partial charge in [-0.15, -0.1) is 0 Å². The van der Waals surface area contributed by atoms with Crippen molar-refractivity contribution >= 4 is 10.0 Å². The highest BCUT2D eigenvalue weighted by Gasteiger charge is 2.41. The molecule has 2 aromatic carbocycles. The van der Waals surface area contributed by atoms with E-state index >= 15 is 0 Å². The third-order valence-electron chi connectivity index (χ3n) is 4.93. The topological polar surface area (TPSA) is 70.8 Å². The van der Waals surface area contributed by atoms with Crippen molar-refractivity contribution in [3.05, 3.63) is 77.8 Å². The Bertz CT molecular complexity index is 1080. The lowest BCUT2D eigenvalue weighted by Gasteiger charge is -2.36. The number of benzene rings is 2. The number of likely N-dealkylation sites (N-methyl/N-ethyl adjacent to an activating group) is 1. The van der Waals surface area contributed by atoms with E-state index < -0.39 is 22.2 Å². The molecule has 7 heteroatoms. The molecule has 0 amide bonds. The van der Waals surface area contributed by atoms with Crippen molar-refractivity contribution in [2.24, 2.45) is 0 Å². The van der Waals surface area contributed by atoms with Crippen molar-refractivity contribution < 1.29 is 22.3 Å². The average Bonchev–Trinajstić information content (AvgIpc) is 3.13. The van der Waals surface area contributed by atoms with Gasteiger partial charge in [-0.1, -0.05) is 18.2 Å². The maximum Gasteiger partial charge on any atom is 0.243 e. The molecule has 1 N–H and O–H groups in total. The van der Waals surface area contributed by atoms with E-state index in [1.807, 2.05) is 0 Å². The second kappa shape index (κ2) is 6.60. The summed E-state index contributed by atoms with van der Waals surface area (Å²) in [7, 11) is -2.22. The van der Waals surface area contributed by atoms with Crippen LogP contribution >= 0.6 is 0 Å². The highest BCUT2D eigenvalue weighted by molar-refractivity contribution is 7.89. The van der Waals surface area contributed by atoms with E-state index in [1.165, 1.54) is 29.6 Å². The minimum atomic E-state index is -3.68. The van der Waals surface area contributed by atoms with Crippen LogP contribution in [0.4, 0.5) is 4.39 Å². The molecule has 3 aromatic rings. The molecule has 0 radical (unpaired) electrons. The van der Waals surface area contributed by atoms with Crippen LogP contribution in [0, 0.1) is 5.82 Å². The Labute approximate surface area is 156 Å². The number of hydrogen-bond donors (Lipinski definition) is 1. The van der Waals surface area contributed by atoms with Crippen LogP contribution in [0.15, 0.2) is 70.0 Å². The SMILES string of the molecule is CN1[C@H](Cc2ccc(-c3ccc(F)cc3)o2)[C@@H](O)c2ccccc2S1(=O)=O. The van der Waals surface area contributed by atoms with E-state index in [0.29, 0.717) is 17.1 Å². The maximum atomic E-state index is 13.1. The van der Waals surface area contributed by atoms with Crippen LogP contribution in [0.5, 0.6) is 0 Å². The minimum absolute atomic E-state index is 0.127. The first-order chi connectivity index (χ1) is 12.9. The molecule has 27 heavy (non-hydrogen) atoms. The largest absolute Gasteiger partial charge is 0.461 e. The average molecular weight is 387 g/mol. The molecule has 0 saturated carbocycles. The Morgan fingerprint density at radius 3 is 2.52 bits per heavy atom. The first-order valence-electron chi connectivity index (χ1n) is 8.47. The molecule has 0 spiro atoms. The van der Waals surface area contributed by atoms with Crippen LogP contribution in [0.3, 0.4) is 0 Å². The van der Waals surface area contributed by atoms with Gasteiger partial charge in [0.25, 0.3) is 0 Å². The Morgan fingerprint density at radius 2 is 1.78 bits per heavy atom. The monoisotopic (exact) mass is 387 g/mol. The number of aliphatic hydroxyl groups is 1. The molecule has 1 aromatic heterocycles. The molecular formula is C20H18FNO4S. The zero-order valence-corrected chi connectivity index (χ0v) is 15.4. The van der Waals surface area contributed by atoms with Crippen molar-refractivity contribution in [1.82, 2.24) is 4.31 Å². The van der Waals surface area contributed by atoms with Crippen LogP contribution in [-0.4, -0.2) is 30.9 Å². The number of hydrogen-bond acceptors (Lipinski definition) is 4. The lowest BCUT2D eigenvalue weighted by molar-refractivity contribution is 0.0864. The van der Waals surface area contributed by atoms with Gasteiger partial charge in [0.1, 0.15) is 17.3 Å². The standard InChI is InChI=1S/C20H18FNO4S/c1-22-17(20(23)16-4-2-3-5-19(16)27(22,24)25)12-15-10-11-18(26-15)13-6-8-14(21)9-7-13/h2-11,17,20,23H,12H2,1H3/t17-,20+/m1/s1. The Hall–Kier alpha value is -2.48. The van der Waals surface area contributed by atoms with Crippen LogP contribution in [0.1, 0.15) is 17.4 Å². The summed E-state index contributed by atoms with van der Waals surface area (Å²) in [5, 5.41) is 10.7. The fourth-order valence-electron chi connectivity index (χ4n) is 3.40. The lowest BCUT2D eigenvalue weighted by Crippen LogP contribution is -2.46. The summed E-state index contributed by atoms with van der Waals surface area (Å²) in [4.78, 5) is 0.127. The molecular weight excluding hydrogens is 369 g/mol. The summed E-state index contributed by atoms with van der Waals surface area (Å²) >= 11 is 0. The fraction of sp³-hybridized carbons (Fsp3) is 0.200. The molecule has 2 heterocycles. The number of nitrogens with zero attached hydrogens (tertiary/aromatic N) is 1. The molecule has 0 fully saturated rings. The number of aliphatic hydroxyl groups excluding tert-OH is 1. The maximum absolute atomic E-state index is 13.1. The lowest BCUT2D eigenvalue weighted by atomic mass is 9.98. The normalized spacial score (nSPS) is 21.7. The van der Waals surface area contributed by atoms with Crippen LogP contribution in [0.2, 0.25) is 0 Å². The van der Waals surface area contributed by atoms with Crippen LogP contribution in [0.25, 0.3) is 11.3 Å². The number of halogens is 1. The van der Waals surface area contributed by atoms with E-state index in [2.05, 4.69) is 0 Å². The molecule has 1 aliphatic rings. The van der Waals surface area contributed by atoms with Crippen molar-refractivity contribution in [2.75, 3.05) is 7.05 Å². The van der Waals surface area contributed by atoms with Gasteiger partial charge >= 0.3 is 0 Å². The smallest absolute Gasteiger partial charge is 0.243 e. The summed E-state index contributed by atoms with van der Waals surface area (Å²) in [6, 6.07) is 15.2. The number of sulfonamides is 1. The van der Waals surface area contributed by atoms with Gasteiger partial charge in [-0.05, 0) is 42.5 Å².